The van der Waals surface area contributed by atoms with Crippen molar-refractivity contribution < 1.29 is 44.6 Å². The van der Waals surface area contributed by atoms with Gasteiger partial charge in [0.15, 0.2) is 0 Å². The summed E-state index contributed by atoms with van der Waals surface area (Å²) < 4.78 is 25.3. The minimum atomic E-state index is -0.290. The van der Waals surface area contributed by atoms with E-state index < -0.39 is 0 Å². The summed E-state index contributed by atoms with van der Waals surface area (Å²) >= 11 is 0. The molecule has 2 atom stereocenters. The summed E-state index contributed by atoms with van der Waals surface area (Å²) in [7, 11) is 0. The van der Waals surface area contributed by atoms with Crippen LogP contribution in [-0.2, 0) is 44.6 Å². The number of hydrogen-bond donors (Lipinski definition) is 0. The Bertz CT molecular complexity index is 310. The van der Waals surface area contributed by atoms with E-state index in [1.165, 1.54) is 6.92 Å². The van der Waals surface area contributed by atoms with Gasteiger partial charge in [-0.1, -0.05) is 6.08 Å². The van der Waals surface area contributed by atoms with E-state index in [1.807, 2.05) is 51.4 Å². The Hall–Kier alpha value is -0.662. The summed E-state index contributed by atoms with van der Waals surface area (Å²) in [5, 5.41) is 0. The van der Waals surface area contributed by atoms with Gasteiger partial charge >= 0.3 is 28.6 Å². The third-order valence-electron chi connectivity index (χ3n) is 2.20. The molecule has 2 rings (SSSR count). The van der Waals surface area contributed by atoms with Crippen molar-refractivity contribution in [3.63, 3.8) is 0 Å². The van der Waals surface area contributed by atoms with Crippen LogP contribution in [0.4, 0.5) is 0 Å². The molecule has 0 unspecified atom stereocenters. The smallest absolute Gasteiger partial charge is 0 e. The molecule has 122 valence electrons. The van der Waals surface area contributed by atoms with Gasteiger partial charge in [-0.3, -0.25) is 4.79 Å². The van der Waals surface area contributed by atoms with Crippen molar-refractivity contribution in [2.45, 2.75) is 19.1 Å². The summed E-state index contributed by atoms with van der Waals surface area (Å²) in [4.78, 5) is 10.5. The molecule has 0 bridgehead atoms. The molecule has 1 aliphatic carbocycles. The van der Waals surface area contributed by atoms with E-state index in [-0.39, 0.29) is 45.8 Å². The predicted molar refractivity (Wildman–Crippen MR) is 77.8 cm³/mol. The van der Waals surface area contributed by atoms with Gasteiger partial charge in [0.1, 0.15) is 6.61 Å². The molecule has 1 heterocycles. The Balaban J connectivity index is -0.000000335. The topological polar surface area (TPSA) is 75.3 Å². The van der Waals surface area contributed by atoms with Gasteiger partial charge in [0.2, 0.25) is 0 Å². The van der Waals surface area contributed by atoms with Gasteiger partial charge < -0.3 is 9.47 Å². The molecule has 8 radical (unpaired) electrons. The van der Waals surface area contributed by atoms with Crippen LogP contribution in [-0.4, -0.2) is 24.8 Å². The number of ether oxygens (including phenoxy) is 2. The maximum Gasteiger partial charge on any atom is 0 e. The van der Waals surface area contributed by atoms with Gasteiger partial charge in [0.05, 0.1) is 12.2 Å². The normalized spacial score (nSPS) is 21.3. The summed E-state index contributed by atoms with van der Waals surface area (Å²) in [6.07, 6.45) is 17.1. The zero-order valence-electron chi connectivity index (χ0n) is 12.7. The van der Waals surface area contributed by atoms with Crippen LogP contribution in [0.25, 0.3) is 0 Å². The maximum absolute atomic E-state index is 10.5. The van der Waals surface area contributed by atoms with Crippen LogP contribution < -0.4 is 0 Å². The third-order valence-corrected chi connectivity index (χ3v) is 2.20. The molecule has 5 nitrogen and oxygen atoms in total. The summed E-state index contributed by atoms with van der Waals surface area (Å²) in [6.45, 7) is 14.3. The molecule has 0 aromatic rings. The zero-order chi connectivity index (χ0) is 17.2. The van der Waals surface area contributed by atoms with E-state index in [0.29, 0.717) is 0 Å². The molecular weight excluding hydrogens is 380 g/mol. The van der Waals surface area contributed by atoms with Crippen LogP contribution >= 0.6 is 0 Å². The van der Waals surface area contributed by atoms with Crippen molar-refractivity contribution in [3.05, 3.63) is 77.3 Å². The molecule has 1 saturated carbocycles. The van der Waals surface area contributed by atoms with Gasteiger partial charge in [-0.25, -0.2) is 0 Å². The average molecular weight is 398 g/mol. The first-order valence-corrected chi connectivity index (χ1v) is 6.23. The fraction of sp³-hybridized carbons (Fsp3) is 0.235. The predicted octanol–water partition coefficient (Wildman–Crippen LogP) is 2.06. The van der Waals surface area contributed by atoms with Crippen LogP contribution in [0.5, 0.6) is 0 Å². The average Bonchev–Trinajstić information content (AvgIpc) is 3.17. The Morgan fingerprint density at radius 3 is 2.00 bits per heavy atom. The largest absolute Gasteiger partial charge is 0.0312 e. The molecule has 0 spiro atoms. The molecule has 1 aliphatic heterocycles. The van der Waals surface area contributed by atoms with E-state index in [9.17, 15) is 4.79 Å². The molecule has 2 aliphatic rings. The molecule has 0 aromatic heterocycles. The van der Waals surface area contributed by atoms with E-state index in [2.05, 4.69) is 19.9 Å². The van der Waals surface area contributed by atoms with Crippen LogP contribution in [0.2, 0.25) is 0 Å². The van der Waals surface area contributed by atoms with Crippen molar-refractivity contribution in [1.82, 2.24) is 0 Å². The zero-order valence-corrected chi connectivity index (χ0v) is 14.7. The monoisotopic (exact) mass is 400 g/mol. The van der Waals surface area contributed by atoms with Crippen LogP contribution in [0.15, 0.2) is 12.7 Å². The first-order valence-electron chi connectivity index (χ1n) is 6.23. The second-order valence-corrected chi connectivity index (χ2v) is 3.72. The Morgan fingerprint density at radius 1 is 1.13 bits per heavy atom. The van der Waals surface area contributed by atoms with E-state index in [1.54, 1.807) is 6.08 Å². The molecule has 23 heavy (non-hydrogen) atoms. The summed E-state index contributed by atoms with van der Waals surface area (Å²) in [5.41, 5.74) is 0. The number of esters is 1. The second-order valence-electron chi connectivity index (χ2n) is 3.72. The summed E-state index contributed by atoms with van der Waals surface area (Å²) in [5.74, 6) is -0.290. The van der Waals surface area contributed by atoms with Gasteiger partial charge in [0.25, 0.3) is 0 Å². The molecule has 0 amide bonds. The number of carbonyl (C=O) groups excluding carboxylic acids is 1. The van der Waals surface area contributed by atoms with Gasteiger partial charge in [-0.2, -0.15) is 0 Å². The van der Waals surface area contributed by atoms with Crippen LogP contribution in [0.1, 0.15) is 6.92 Å². The molecule has 1 saturated heterocycles. The standard InChI is InChI=1S/C10H13O3.C5H5.2CO.Mo/c1-3-9-5-4-6-10(13-9)7-12-8(2)11;1-2-4-5-3-1;2*1-2;/h3-6,9-10H,1,7H2,2H3;1-5H;;;/t9-,10-;;;;/m0..../s1. The van der Waals surface area contributed by atoms with Gasteiger partial charge in [-0.15, -0.1) is 6.58 Å². The molecular formula is C17H18MoO5. The number of hydrogen-bond acceptors (Lipinski definition) is 3. The third kappa shape index (κ3) is 17.5. The van der Waals surface area contributed by atoms with Crippen molar-refractivity contribution in [1.29, 1.82) is 0 Å². The maximum atomic E-state index is 10.5. The SMILES string of the molecule is C=C[C@H]1[CH][CH][CH][C@@H](COC(C)=O)O1.[C-]#[O+].[C-]#[O+].[CH]1[CH][CH][CH][CH]1.[Mo]. The Labute approximate surface area is 153 Å². The second kappa shape index (κ2) is 21.3. The van der Waals surface area contributed by atoms with E-state index in [0.717, 1.165) is 0 Å². The van der Waals surface area contributed by atoms with E-state index in [4.69, 9.17) is 18.8 Å². The number of carbonyl (C=O) groups is 1. The van der Waals surface area contributed by atoms with Gasteiger partial charge in [-0.05, 0) is 51.4 Å². The van der Waals surface area contributed by atoms with Crippen molar-refractivity contribution >= 4 is 5.97 Å². The van der Waals surface area contributed by atoms with Crippen molar-refractivity contribution in [2.24, 2.45) is 0 Å². The minimum Gasteiger partial charge on any atom is -0.0312 e. The molecule has 2 fully saturated rings. The number of rotatable bonds is 3. The van der Waals surface area contributed by atoms with Crippen LogP contribution in [0, 0.1) is 64.7 Å². The fourth-order valence-electron chi connectivity index (χ4n) is 1.34. The Kier molecular flexibility index (Phi) is 25.2. The van der Waals surface area contributed by atoms with Crippen LogP contribution in [0.3, 0.4) is 0 Å². The Morgan fingerprint density at radius 2 is 1.61 bits per heavy atom. The van der Waals surface area contributed by atoms with Crippen molar-refractivity contribution in [3.8, 4) is 0 Å². The van der Waals surface area contributed by atoms with Gasteiger partial charge in [0, 0.05) is 28.0 Å². The fourth-order valence-corrected chi connectivity index (χ4v) is 1.34. The first kappa shape index (κ1) is 27.2. The van der Waals surface area contributed by atoms with Crippen molar-refractivity contribution in [2.75, 3.05) is 6.61 Å². The molecule has 0 aromatic carbocycles. The molecule has 6 heteroatoms. The van der Waals surface area contributed by atoms with E-state index >= 15 is 0 Å². The minimum absolute atomic E-state index is 0. The quantitative estimate of drug-likeness (QED) is 0.240. The summed E-state index contributed by atoms with van der Waals surface area (Å²) in [6, 6.07) is 0. The first-order chi connectivity index (χ1) is 10.7. The molecule has 0 N–H and O–H groups in total.